The van der Waals surface area contributed by atoms with Crippen LogP contribution < -0.4 is 4.72 Å². The van der Waals surface area contributed by atoms with Crippen molar-refractivity contribution in [2.24, 2.45) is 10.9 Å². The summed E-state index contributed by atoms with van der Waals surface area (Å²) in [6.07, 6.45) is 8.56. The number of carbonyl (C=O) groups excluding carboxylic acids is 1. The van der Waals surface area contributed by atoms with Crippen LogP contribution in [0.15, 0.2) is 16.8 Å². The van der Waals surface area contributed by atoms with Crippen molar-refractivity contribution in [1.29, 1.82) is 0 Å². The highest BCUT2D eigenvalue weighted by atomic mass is 79.9. The third kappa shape index (κ3) is 13.9. The molecule has 33 heavy (non-hydrogen) atoms. The maximum Gasteiger partial charge on any atom is 0.210 e. The van der Waals surface area contributed by atoms with Crippen molar-refractivity contribution in [2.45, 2.75) is 123 Å². The normalized spacial score (nSPS) is 21.1. The molecule has 0 aromatic heterocycles. The summed E-state index contributed by atoms with van der Waals surface area (Å²) in [5.74, 6) is 0.570. The molecule has 2 heterocycles. The monoisotopic (exact) mass is 547 g/mol. The van der Waals surface area contributed by atoms with Crippen LogP contribution in [-0.4, -0.2) is 51.5 Å². The van der Waals surface area contributed by atoms with Crippen LogP contribution in [0.1, 0.15) is 101 Å². The molecule has 2 rings (SSSR count). The Morgan fingerprint density at radius 3 is 2.30 bits per heavy atom. The Morgan fingerprint density at radius 1 is 1.30 bits per heavy atom. The van der Waals surface area contributed by atoms with Crippen molar-refractivity contribution in [2.75, 3.05) is 13.7 Å². The van der Waals surface area contributed by atoms with Crippen molar-refractivity contribution < 1.29 is 9.53 Å². The number of nitrogens with one attached hydrogen (secondary N) is 1. The van der Waals surface area contributed by atoms with Gasteiger partial charge in [-0.15, -0.1) is 0 Å². The first-order valence-electron chi connectivity index (χ1n) is 12.3. The zero-order chi connectivity index (χ0) is 25.9. The van der Waals surface area contributed by atoms with E-state index in [4.69, 9.17) is 9.73 Å². The van der Waals surface area contributed by atoms with Crippen molar-refractivity contribution in [3.8, 4) is 0 Å². The first-order valence-corrected chi connectivity index (χ1v) is 13.9. The number of aliphatic imine (C=N–C) groups is 1. The minimum atomic E-state index is -0.0131. The van der Waals surface area contributed by atoms with E-state index in [9.17, 15) is 4.79 Å². The minimum Gasteiger partial charge on any atom is -0.379 e. The highest BCUT2D eigenvalue weighted by molar-refractivity contribution is 9.18. The molecule has 0 spiro atoms. The molecule has 0 aliphatic carbocycles. The molecule has 1 N–H and O–H groups in total. The van der Waals surface area contributed by atoms with Crippen molar-refractivity contribution in [3.05, 3.63) is 11.8 Å². The van der Waals surface area contributed by atoms with Crippen LogP contribution in [0.2, 0.25) is 0 Å². The van der Waals surface area contributed by atoms with Crippen molar-refractivity contribution in [3.63, 3.8) is 0 Å². The van der Waals surface area contributed by atoms with Crippen LogP contribution in [-0.2, 0) is 9.53 Å². The van der Waals surface area contributed by atoms with Crippen molar-refractivity contribution >= 4 is 38.9 Å². The highest BCUT2D eigenvalue weighted by Crippen LogP contribution is 2.35. The summed E-state index contributed by atoms with van der Waals surface area (Å²) in [6, 6.07) is 0.255. The highest BCUT2D eigenvalue weighted by Gasteiger charge is 2.37. The van der Waals surface area contributed by atoms with Crippen LogP contribution in [0.3, 0.4) is 0 Å². The van der Waals surface area contributed by atoms with E-state index in [0.717, 1.165) is 55.4 Å². The van der Waals surface area contributed by atoms with Crippen LogP contribution in [0.4, 0.5) is 0 Å². The van der Waals surface area contributed by atoms with Gasteiger partial charge in [-0.25, -0.2) is 4.99 Å². The van der Waals surface area contributed by atoms with Gasteiger partial charge in [-0.3, -0.25) is 9.52 Å². The number of amides is 1. The van der Waals surface area contributed by atoms with Gasteiger partial charge in [0.05, 0.1) is 22.0 Å². The fraction of sp³-hybridized carbons (Fsp3) is 0.846. The molecule has 2 atom stereocenters. The fourth-order valence-electron chi connectivity index (χ4n) is 3.51. The van der Waals surface area contributed by atoms with E-state index in [-0.39, 0.29) is 21.9 Å². The van der Waals surface area contributed by atoms with Crippen LogP contribution in [0.5, 0.6) is 0 Å². The van der Waals surface area contributed by atoms with E-state index in [1.54, 1.807) is 19.1 Å². The number of hydrogen-bond donors (Lipinski definition) is 1. The topological polar surface area (TPSA) is 53.9 Å². The van der Waals surface area contributed by atoms with Crippen LogP contribution in [0.25, 0.3) is 0 Å². The van der Waals surface area contributed by atoms with Gasteiger partial charge in [0.2, 0.25) is 6.41 Å². The van der Waals surface area contributed by atoms with Gasteiger partial charge in [-0.1, -0.05) is 31.9 Å². The summed E-state index contributed by atoms with van der Waals surface area (Å²) in [7, 11) is 1.71. The molecule has 194 valence electrons. The number of rotatable bonds is 7. The number of ether oxygens (including phenoxy) is 1. The van der Waals surface area contributed by atoms with Gasteiger partial charge in [-0.05, 0) is 109 Å². The number of allylic oxidation sites excluding steroid dienone is 1. The van der Waals surface area contributed by atoms with Crippen LogP contribution >= 0.6 is 27.9 Å². The molecule has 0 bridgehead atoms. The molecular weight excluding hydrogens is 498 g/mol. The predicted octanol–water partition coefficient (Wildman–Crippen LogP) is 7.36. The summed E-state index contributed by atoms with van der Waals surface area (Å²) < 4.78 is 9.81. The molecule has 0 aromatic carbocycles. The summed E-state index contributed by atoms with van der Waals surface area (Å²) in [4.78, 5) is 18.0. The number of nitrogens with zero attached hydrogens (tertiary/aromatic N) is 2. The zero-order valence-electron chi connectivity index (χ0n) is 23.0. The Morgan fingerprint density at radius 2 is 1.88 bits per heavy atom. The average Bonchev–Trinajstić information content (AvgIpc) is 3.02. The summed E-state index contributed by atoms with van der Waals surface area (Å²) in [5.41, 5.74) is 1.18. The molecule has 7 heteroatoms. The summed E-state index contributed by atoms with van der Waals surface area (Å²) >= 11 is 5.35. The largest absolute Gasteiger partial charge is 0.379 e. The molecule has 5 nitrogen and oxygen atoms in total. The molecule has 1 fully saturated rings. The minimum absolute atomic E-state index is 0.0131. The Balaban J connectivity index is 0.00000111. The lowest BCUT2D eigenvalue weighted by atomic mass is 9.91. The molecule has 1 amide bonds. The Labute approximate surface area is 217 Å². The second kappa shape index (κ2) is 14.9. The molecule has 2 aliphatic rings. The Bertz CT molecular complexity index is 636. The lowest BCUT2D eigenvalue weighted by molar-refractivity contribution is -0.120. The van der Waals surface area contributed by atoms with E-state index in [1.165, 1.54) is 0 Å². The van der Waals surface area contributed by atoms with E-state index in [2.05, 4.69) is 61.3 Å². The molecule has 0 radical (unpaired) electrons. The second-order valence-electron chi connectivity index (χ2n) is 11.1. The molecule has 0 saturated carbocycles. The van der Waals surface area contributed by atoms with Crippen LogP contribution in [0, 0.1) is 5.92 Å². The SMILES string of the molecule is CC.CC(C)(C)SNC(CCC1CN(C=O)C(C)(C)C1)C1=CCCC(Br)=N1.COC(C)(C)C. The maximum atomic E-state index is 11.3. The lowest BCUT2D eigenvalue weighted by Crippen LogP contribution is -2.36. The lowest BCUT2D eigenvalue weighted by Gasteiger charge is -2.27. The van der Waals surface area contributed by atoms with E-state index < -0.39 is 0 Å². The first kappa shape index (κ1) is 32.6. The number of methoxy groups -OCH3 is 1. The third-order valence-electron chi connectivity index (χ3n) is 5.44. The van der Waals surface area contributed by atoms with Gasteiger partial charge in [0.25, 0.3) is 0 Å². The van der Waals surface area contributed by atoms with Crippen molar-refractivity contribution in [1.82, 2.24) is 9.62 Å². The van der Waals surface area contributed by atoms with Gasteiger partial charge in [0.1, 0.15) is 0 Å². The average molecular weight is 549 g/mol. The zero-order valence-corrected chi connectivity index (χ0v) is 25.5. The summed E-state index contributed by atoms with van der Waals surface area (Å²) in [5, 5.41) is 0. The molecule has 0 aromatic rings. The van der Waals surface area contributed by atoms with E-state index in [0.29, 0.717) is 5.92 Å². The Hall–Kier alpha value is -0.370. The number of likely N-dealkylation sites (tertiary alicyclic amines) is 1. The number of halogens is 1. The fourth-order valence-corrected chi connectivity index (χ4v) is 4.68. The predicted molar refractivity (Wildman–Crippen MR) is 150 cm³/mol. The molecule has 2 aliphatic heterocycles. The maximum absolute atomic E-state index is 11.3. The van der Waals surface area contributed by atoms with Gasteiger partial charge < -0.3 is 9.64 Å². The van der Waals surface area contributed by atoms with E-state index >= 15 is 0 Å². The van der Waals surface area contributed by atoms with Gasteiger partial charge in [-0.2, -0.15) is 0 Å². The number of carbonyl (C=O) groups is 1. The Kier molecular flexibility index (Phi) is 14.7. The van der Waals surface area contributed by atoms with Gasteiger partial charge in [0.15, 0.2) is 0 Å². The quantitative estimate of drug-likeness (QED) is 0.267. The van der Waals surface area contributed by atoms with E-state index in [1.807, 2.05) is 39.5 Å². The van der Waals surface area contributed by atoms with Gasteiger partial charge >= 0.3 is 0 Å². The smallest absolute Gasteiger partial charge is 0.210 e. The third-order valence-corrected chi connectivity index (χ3v) is 7.03. The first-order chi connectivity index (χ1) is 15.2. The second-order valence-corrected chi connectivity index (χ2v) is 13.7. The molecular formula is C26H50BrN3O2S. The molecule has 1 saturated heterocycles. The number of hydrogen-bond acceptors (Lipinski definition) is 5. The summed E-state index contributed by atoms with van der Waals surface area (Å²) in [6.45, 7) is 21.9. The van der Waals surface area contributed by atoms with Gasteiger partial charge in [0, 0.05) is 23.9 Å². The standard InChI is InChI=1S/C19H32BrN3OS.C5H12O.C2H6/c1-18(2,3)25-22-16(15-7-6-8-17(20)21-15)10-9-14-11-19(4,5)23(12-14)13-24;1-5(2,3)6-4;1-2/h7,13-14,16,22H,6,8-12H2,1-5H3;1-4H3;1-2H3. The molecule has 2 unspecified atom stereocenters.